The lowest BCUT2D eigenvalue weighted by Gasteiger charge is -2.21. The van der Waals surface area contributed by atoms with E-state index in [4.69, 9.17) is 19.9 Å². The summed E-state index contributed by atoms with van der Waals surface area (Å²) < 4.78 is 16.0. The maximum Gasteiger partial charge on any atom is 0.121 e. The Labute approximate surface area is 128 Å². The van der Waals surface area contributed by atoms with Gasteiger partial charge >= 0.3 is 0 Å². The zero-order valence-corrected chi connectivity index (χ0v) is 13.2. The van der Waals surface area contributed by atoms with Gasteiger partial charge < -0.3 is 24.8 Å². The normalized spacial score (nSPS) is 11.0. The molecule has 5 nitrogen and oxygen atoms in total. The van der Waals surface area contributed by atoms with Crippen LogP contribution < -0.4 is 10.5 Å². The van der Waals surface area contributed by atoms with E-state index < -0.39 is 0 Å². The summed E-state index contributed by atoms with van der Waals surface area (Å²) in [5, 5.41) is 0. The highest BCUT2D eigenvalue weighted by atomic mass is 16.5. The van der Waals surface area contributed by atoms with E-state index in [2.05, 4.69) is 4.90 Å². The molecule has 0 heterocycles. The number of benzene rings is 1. The number of ether oxygens (including phenoxy) is 3. The molecule has 0 unspecified atom stereocenters. The highest BCUT2D eigenvalue weighted by Gasteiger charge is 2.04. The van der Waals surface area contributed by atoms with Crippen molar-refractivity contribution in [1.29, 1.82) is 0 Å². The van der Waals surface area contributed by atoms with Crippen LogP contribution in [0.4, 0.5) is 5.69 Å². The molecule has 2 N–H and O–H groups in total. The van der Waals surface area contributed by atoms with Crippen LogP contribution in [0, 0.1) is 0 Å². The number of anilines is 1. The quantitative estimate of drug-likeness (QED) is 0.472. The van der Waals surface area contributed by atoms with Crippen LogP contribution in [0.1, 0.15) is 12.8 Å². The minimum absolute atomic E-state index is 0.692. The van der Waals surface area contributed by atoms with Crippen molar-refractivity contribution in [3.8, 4) is 5.75 Å². The zero-order valence-electron chi connectivity index (χ0n) is 13.2. The van der Waals surface area contributed by atoms with Crippen molar-refractivity contribution >= 4 is 5.69 Å². The molecule has 1 aromatic carbocycles. The topological polar surface area (TPSA) is 57.0 Å². The molecule has 0 saturated heterocycles. The Morgan fingerprint density at radius 1 is 0.952 bits per heavy atom. The van der Waals surface area contributed by atoms with E-state index in [1.165, 1.54) is 0 Å². The Kier molecular flexibility index (Phi) is 9.61. The van der Waals surface area contributed by atoms with Gasteiger partial charge in [-0.25, -0.2) is 0 Å². The van der Waals surface area contributed by atoms with Gasteiger partial charge in [0.05, 0.1) is 13.2 Å². The van der Waals surface area contributed by atoms with Gasteiger partial charge in [0.15, 0.2) is 0 Å². The summed E-state index contributed by atoms with van der Waals surface area (Å²) in [6, 6.07) is 7.54. The van der Waals surface area contributed by atoms with Gasteiger partial charge in [-0.05, 0) is 25.0 Å². The van der Waals surface area contributed by atoms with Crippen LogP contribution in [-0.2, 0) is 9.47 Å². The third kappa shape index (κ3) is 8.55. The molecule has 0 radical (unpaired) electrons. The van der Waals surface area contributed by atoms with E-state index in [-0.39, 0.29) is 0 Å². The summed E-state index contributed by atoms with van der Waals surface area (Å²) >= 11 is 0. The number of nitrogens with zero attached hydrogens (tertiary/aromatic N) is 1. The van der Waals surface area contributed by atoms with Crippen LogP contribution >= 0.6 is 0 Å². The number of methoxy groups -OCH3 is 2. The first-order chi connectivity index (χ1) is 10.3. The van der Waals surface area contributed by atoms with E-state index in [9.17, 15) is 0 Å². The molecule has 0 atom stereocenters. The first kappa shape index (κ1) is 17.8. The third-order valence-electron chi connectivity index (χ3n) is 3.18. The third-order valence-corrected chi connectivity index (χ3v) is 3.18. The predicted octanol–water partition coefficient (Wildman–Crippen LogP) is 2.02. The van der Waals surface area contributed by atoms with Crippen LogP contribution in [0.2, 0.25) is 0 Å². The zero-order chi connectivity index (χ0) is 15.3. The summed E-state index contributed by atoms with van der Waals surface area (Å²) in [5.74, 6) is 0.831. The lowest BCUT2D eigenvalue weighted by atomic mass is 10.3. The number of hydrogen-bond acceptors (Lipinski definition) is 5. The summed E-state index contributed by atoms with van der Waals surface area (Å²) in [4.78, 5) is 2.38. The van der Waals surface area contributed by atoms with Crippen molar-refractivity contribution in [2.24, 2.45) is 0 Å². The molecule has 120 valence electrons. The first-order valence-electron chi connectivity index (χ1n) is 7.45. The standard InChI is InChI=1S/C16H28N2O3/c1-19-11-4-8-18(10-13-20-2)9-5-12-21-16-7-3-6-15(17)14-16/h3,6-7,14H,4-5,8-13,17H2,1-2H3. The maximum absolute atomic E-state index is 5.72. The van der Waals surface area contributed by atoms with Gasteiger partial charge in [0.25, 0.3) is 0 Å². The molecule has 0 amide bonds. The lowest BCUT2D eigenvalue weighted by Crippen LogP contribution is -2.31. The molecular formula is C16H28N2O3. The Bertz CT molecular complexity index is 374. The molecule has 0 spiro atoms. The number of hydrogen-bond donors (Lipinski definition) is 1. The highest BCUT2D eigenvalue weighted by Crippen LogP contribution is 2.14. The van der Waals surface area contributed by atoms with Gasteiger partial charge in [-0.3, -0.25) is 0 Å². The van der Waals surface area contributed by atoms with Gasteiger partial charge in [-0.15, -0.1) is 0 Å². The fourth-order valence-corrected chi connectivity index (χ4v) is 2.07. The molecule has 1 rings (SSSR count). The molecule has 5 heteroatoms. The number of rotatable bonds is 12. The molecule has 0 aliphatic rings. The molecule has 0 aliphatic carbocycles. The van der Waals surface area contributed by atoms with Crippen LogP contribution in [0.3, 0.4) is 0 Å². The number of nitrogen functional groups attached to an aromatic ring is 1. The SMILES string of the molecule is COCCCN(CCCOc1cccc(N)c1)CCOC. The van der Waals surface area contributed by atoms with E-state index >= 15 is 0 Å². The second-order valence-corrected chi connectivity index (χ2v) is 4.96. The van der Waals surface area contributed by atoms with Crippen molar-refractivity contribution in [3.05, 3.63) is 24.3 Å². The molecule has 1 aromatic rings. The molecule has 0 bridgehead atoms. The van der Waals surface area contributed by atoms with Gasteiger partial charge in [-0.2, -0.15) is 0 Å². The fourth-order valence-electron chi connectivity index (χ4n) is 2.07. The van der Waals surface area contributed by atoms with E-state index in [1.54, 1.807) is 14.2 Å². The predicted molar refractivity (Wildman–Crippen MR) is 85.8 cm³/mol. The smallest absolute Gasteiger partial charge is 0.121 e. The molecule has 21 heavy (non-hydrogen) atoms. The summed E-state index contributed by atoms with van der Waals surface area (Å²) in [5.41, 5.74) is 6.45. The monoisotopic (exact) mass is 296 g/mol. The lowest BCUT2D eigenvalue weighted by molar-refractivity contribution is 0.128. The largest absolute Gasteiger partial charge is 0.493 e. The Morgan fingerprint density at radius 2 is 1.67 bits per heavy atom. The van der Waals surface area contributed by atoms with Gasteiger partial charge in [0.1, 0.15) is 5.75 Å². The molecular weight excluding hydrogens is 268 g/mol. The maximum atomic E-state index is 5.72. The van der Waals surface area contributed by atoms with Crippen LogP contribution in [0.15, 0.2) is 24.3 Å². The summed E-state index contributed by atoms with van der Waals surface area (Å²) in [6.07, 6.45) is 2.02. The van der Waals surface area contributed by atoms with Crippen molar-refractivity contribution in [2.75, 3.05) is 59.4 Å². The van der Waals surface area contributed by atoms with E-state index in [0.29, 0.717) is 6.61 Å². The van der Waals surface area contributed by atoms with Crippen molar-refractivity contribution in [2.45, 2.75) is 12.8 Å². The second kappa shape index (κ2) is 11.4. The van der Waals surface area contributed by atoms with Crippen molar-refractivity contribution in [3.63, 3.8) is 0 Å². The average Bonchev–Trinajstić information content (AvgIpc) is 2.48. The number of nitrogens with two attached hydrogens (primary N) is 1. The van der Waals surface area contributed by atoms with E-state index in [1.807, 2.05) is 24.3 Å². The van der Waals surface area contributed by atoms with Crippen LogP contribution in [-0.4, -0.2) is 58.6 Å². The van der Waals surface area contributed by atoms with E-state index in [0.717, 1.165) is 57.1 Å². The van der Waals surface area contributed by atoms with Crippen molar-refractivity contribution in [1.82, 2.24) is 4.90 Å². The molecule has 0 saturated carbocycles. The summed E-state index contributed by atoms with van der Waals surface area (Å²) in [6.45, 7) is 5.20. The van der Waals surface area contributed by atoms with Crippen molar-refractivity contribution < 1.29 is 14.2 Å². The van der Waals surface area contributed by atoms with Gasteiger partial charge in [0, 0.05) is 52.2 Å². The second-order valence-electron chi connectivity index (χ2n) is 4.96. The Morgan fingerprint density at radius 3 is 2.33 bits per heavy atom. The van der Waals surface area contributed by atoms with Gasteiger partial charge in [-0.1, -0.05) is 6.07 Å². The molecule has 0 fully saturated rings. The Balaban J connectivity index is 2.21. The minimum atomic E-state index is 0.692. The van der Waals surface area contributed by atoms with Gasteiger partial charge in [0.2, 0.25) is 0 Å². The molecule has 0 aromatic heterocycles. The first-order valence-corrected chi connectivity index (χ1v) is 7.45. The highest BCUT2D eigenvalue weighted by molar-refractivity contribution is 5.43. The van der Waals surface area contributed by atoms with Crippen LogP contribution in [0.5, 0.6) is 5.75 Å². The van der Waals surface area contributed by atoms with Crippen LogP contribution in [0.25, 0.3) is 0 Å². The Hall–Kier alpha value is -1.30. The summed E-state index contributed by atoms with van der Waals surface area (Å²) in [7, 11) is 3.47. The average molecular weight is 296 g/mol. The fraction of sp³-hybridized carbons (Fsp3) is 0.625. The molecule has 0 aliphatic heterocycles. The minimum Gasteiger partial charge on any atom is -0.493 e.